The quantitative estimate of drug-likeness (QED) is 0.337. The maximum atomic E-state index is 13.3. The lowest BCUT2D eigenvalue weighted by molar-refractivity contribution is -0.137. The maximum Gasteiger partial charge on any atom is 0.416 e. The number of hydrogen-bond acceptors (Lipinski definition) is 8. The fourth-order valence-electron chi connectivity index (χ4n) is 5.48. The van der Waals surface area contributed by atoms with Crippen molar-refractivity contribution in [2.45, 2.75) is 49.7 Å². The summed E-state index contributed by atoms with van der Waals surface area (Å²) in [7, 11) is -3.90. The van der Waals surface area contributed by atoms with Crippen molar-refractivity contribution in [3.63, 3.8) is 0 Å². The first kappa shape index (κ1) is 32.6. The van der Waals surface area contributed by atoms with E-state index in [4.69, 9.17) is 21.6 Å². The Balaban J connectivity index is 1.36. The molecule has 1 N–H and O–H groups in total. The molecule has 1 atom stereocenters. The van der Waals surface area contributed by atoms with E-state index in [0.717, 1.165) is 43.1 Å². The number of carbonyl (C=O) groups is 1. The fraction of sp³-hybridized carbons (Fsp3) is 0.483. The lowest BCUT2D eigenvalue weighted by atomic mass is 10.1. The van der Waals surface area contributed by atoms with E-state index < -0.39 is 33.7 Å². The largest absolute Gasteiger partial charge is 0.416 e. The predicted molar refractivity (Wildman–Crippen MR) is 164 cm³/mol. The van der Waals surface area contributed by atoms with Crippen LogP contribution in [0.25, 0.3) is 11.3 Å². The Morgan fingerprint density at radius 1 is 1.07 bits per heavy atom. The van der Waals surface area contributed by atoms with Gasteiger partial charge in [0.2, 0.25) is 11.9 Å². The van der Waals surface area contributed by atoms with Gasteiger partial charge in [-0.2, -0.15) is 17.5 Å². The first-order chi connectivity index (χ1) is 20.8. The zero-order chi connectivity index (χ0) is 31.6. The SMILES string of the molecule is CC(C)CN1CCN(c2nc(CNC(=O)C3CCCN3S(=O)(=O)c3ccc(Cl)s3)cc(-c3ccc(C(F)(F)F)cc3)n2)CC1. The number of hydrogen-bond donors (Lipinski definition) is 1. The van der Waals surface area contributed by atoms with Gasteiger partial charge in [0, 0.05) is 44.8 Å². The lowest BCUT2D eigenvalue weighted by Gasteiger charge is -2.35. The number of aromatic nitrogens is 2. The average Bonchev–Trinajstić information content (AvgIpc) is 3.66. The molecule has 44 heavy (non-hydrogen) atoms. The van der Waals surface area contributed by atoms with Crippen LogP contribution < -0.4 is 10.2 Å². The topological polar surface area (TPSA) is 98.7 Å². The minimum Gasteiger partial charge on any atom is -0.349 e. The van der Waals surface area contributed by atoms with Crippen LogP contribution >= 0.6 is 22.9 Å². The third-order valence-corrected chi connectivity index (χ3v) is 11.2. The Labute approximate surface area is 264 Å². The Kier molecular flexibility index (Phi) is 9.85. The molecule has 2 fully saturated rings. The van der Waals surface area contributed by atoms with Gasteiger partial charge in [0.25, 0.3) is 10.0 Å². The molecule has 2 aromatic heterocycles. The molecular weight excluding hydrogens is 637 g/mol. The molecule has 2 aliphatic rings. The fourth-order valence-corrected chi connectivity index (χ4v) is 8.75. The molecule has 2 saturated heterocycles. The van der Waals surface area contributed by atoms with E-state index in [-0.39, 0.29) is 17.3 Å². The molecule has 0 aliphatic carbocycles. The van der Waals surface area contributed by atoms with Crippen molar-refractivity contribution in [3.05, 3.63) is 58.1 Å². The maximum absolute atomic E-state index is 13.3. The molecule has 3 aromatic rings. The van der Waals surface area contributed by atoms with Crippen molar-refractivity contribution in [2.75, 3.05) is 44.2 Å². The number of anilines is 1. The molecule has 2 aliphatic heterocycles. The number of piperazine rings is 1. The third-order valence-electron chi connectivity index (χ3n) is 7.62. The molecule has 4 heterocycles. The molecule has 238 valence electrons. The second-order valence-electron chi connectivity index (χ2n) is 11.4. The van der Waals surface area contributed by atoms with Gasteiger partial charge < -0.3 is 10.2 Å². The zero-order valence-electron chi connectivity index (χ0n) is 24.3. The van der Waals surface area contributed by atoms with Gasteiger partial charge in [-0.3, -0.25) is 9.69 Å². The van der Waals surface area contributed by atoms with Crippen molar-refractivity contribution in [3.8, 4) is 11.3 Å². The predicted octanol–water partition coefficient (Wildman–Crippen LogP) is 5.12. The second-order valence-corrected chi connectivity index (χ2v) is 15.2. The number of thiophene rings is 1. The summed E-state index contributed by atoms with van der Waals surface area (Å²) in [4.78, 5) is 27.1. The number of amides is 1. The minimum atomic E-state index is -4.46. The van der Waals surface area contributed by atoms with Crippen LogP contribution in [0.1, 0.15) is 37.9 Å². The van der Waals surface area contributed by atoms with Gasteiger partial charge in [-0.25, -0.2) is 18.4 Å². The normalized spacial score (nSPS) is 18.7. The lowest BCUT2D eigenvalue weighted by Crippen LogP contribution is -2.48. The summed E-state index contributed by atoms with van der Waals surface area (Å²) in [5.41, 5.74) is 0.609. The molecule has 9 nitrogen and oxygen atoms in total. The van der Waals surface area contributed by atoms with Crippen molar-refractivity contribution in [2.24, 2.45) is 5.92 Å². The van der Waals surface area contributed by atoms with Crippen LogP contribution in [0.2, 0.25) is 4.34 Å². The van der Waals surface area contributed by atoms with E-state index in [1.54, 1.807) is 6.07 Å². The summed E-state index contributed by atoms with van der Waals surface area (Å²) in [6.45, 7) is 8.51. The number of carbonyl (C=O) groups excluding carboxylic acids is 1. The van der Waals surface area contributed by atoms with Crippen molar-refractivity contribution < 1.29 is 26.4 Å². The van der Waals surface area contributed by atoms with E-state index in [1.165, 1.54) is 28.6 Å². The van der Waals surface area contributed by atoms with Crippen LogP contribution in [-0.4, -0.2) is 78.8 Å². The van der Waals surface area contributed by atoms with Gasteiger partial charge in [0.1, 0.15) is 10.3 Å². The van der Waals surface area contributed by atoms with Crippen molar-refractivity contribution in [1.82, 2.24) is 24.5 Å². The Morgan fingerprint density at radius 2 is 1.77 bits per heavy atom. The zero-order valence-corrected chi connectivity index (χ0v) is 26.7. The molecule has 0 radical (unpaired) electrons. The number of rotatable bonds is 9. The van der Waals surface area contributed by atoms with Gasteiger partial charge in [0.15, 0.2) is 0 Å². The van der Waals surface area contributed by atoms with Crippen LogP contribution in [0.3, 0.4) is 0 Å². The first-order valence-electron chi connectivity index (χ1n) is 14.4. The summed E-state index contributed by atoms with van der Waals surface area (Å²) in [6, 6.07) is 8.46. The van der Waals surface area contributed by atoms with E-state index in [9.17, 15) is 26.4 Å². The van der Waals surface area contributed by atoms with E-state index in [2.05, 4.69) is 24.1 Å². The molecule has 1 amide bonds. The molecule has 5 rings (SSSR count). The van der Waals surface area contributed by atoms with Crippen molar-refractivity contribution in [1.29, 1.82) is 0 Å². The van der Waals surface area contributed by atoms with Crippen LogP contribution in [0.5, 0.6) is 0 Å². The number of halogens is 4. The molecule has 0 spiro atoms. The second kappa shape index (κ2) is 13.3. The van der Waals surface area contributed by atoms with Crippen LogP contribution in [-0.2, 0) is 27.5 Å². The monoisotopic (exact) mass is 670 g/mol. The number of nitrogens with one attached hydrogen (secondary N) is 1. The van der Waals surface area contributed by atoms with E-state index in [1.807, 2.05) is 4.90 Å². The summed E-state index contributed by atoms with van der Waals surface area (Å²) in [5.74, 6) is 0.507. The Bertz CT molecular complexity index is 1580. The minimum absolute atomic E-state index is 0.00940. The molecular formula is C29H34ClF3N6O3S2. The molecule has 15 heteroatoms. The van der Waals surface area contributed by atoms with Gasteiger partial charge in [-0.05, 0) is 49.1 Å². The number of nitrogens with zero attached hydrogens (tertiary/aromatic N) is 5. The highest BCUT2D eigenvalue weighted by Gasteiger charge is 2.40. The standard InChI is InChI=1S/C29H34ClF3N6O3S2/c1-19(2)18-37-12-14-38(15-13-37)28-35-22(16-23(36-28)20-5-7-21(8-6-20)29(31,32)33)17-34-27(40)24-4-3-11-39(24)44(41,42)26-10-9-25(30)43-26/h5-10,16,19,24H,3-4,11-15,17-18H2,1-2H3,(H,34,40). The summed E-state index contributed by atoms with van der Waals surface area (Å²) >= 11 is 6.90. The molecule has 1 aromatic carbocycles. The highest BCUT2D eigenvalue weighted by atomic mass is 35.5. The van der Waals surface area contributed by atoms with Gasteiger partial charge >= 0.3 is 6.18 Å². The highest BCUT2D eigenvalue weighted by Crippen LogP contribution is 2.33. The number of sulfonamides is 1. The molecule has 0 bridgehead atoms. The van der Waals surface area contributed by atoms with Gasteiger partial charge in [0.05, 0.1) is 27.8 Å². The van der Waals surface area contributed by atoms with Crippen molar-refractivity contribution >= 4 is 44.8 Å². The van der Waals surface area contributed by atoms with Gasteiger partial charge in [-0.15, -0.1) is 11.3 Å². The summed E-state index contributed by atoms with van der Waals surface area (Å²) in [5, 5.41) is 2.83. The Hall–Kier alpha value is -2.78. The average molecular weight is 671 g/mol. The smallest absolute Gasteiger partial charge is 0.349 e. The summed E-state index contributed by atoms with van der Waals surface area (Å²) < 4.78 is 67.6. The molecule has 1 unspecified atom stereocenters. The first-order valence-corrected chi connectivity index (χ1v) is 17.0. The van der Waals surface area contributed by atoms with Crippen LogP contribution in [0, 0.1) is 5.92 Å². The van der Waals surface area contributed by atoms with E-state index >= 15 is 0 Å². The number of alkyl halides is 3. The van der Waals surface area contributed by atoms with Crippen LogP contribution in [0.15, 0.2) is 46.7 Å². The van der Waals surface area contributed by atoms with Gasteiger partial charge in [-0.1, -0.05) is 37.6 Å². The van der Waals surface area contributed by atoms with E-state index in [0.29, 0.717) is 59.1 Å². The highest BCUT2D eigenvalue weighted by molar-refractivity contribution is 7.91. The number of benzene rings is 1. The molecule has 0 saturated carbocycles. The summed E-state index contributed by atoms with van der Waals surface area (Å²) in [6.07, 6.45) is -3.55. The van der Waals surface area contributed by atoms with Crippen LogP contribution in [0.4, 0.5) is 19.1 Å². The Morgan fingerprint density at radius 3 is 2.39 bits per heavy atom. The third kappa shape index (κ3) is 7.53.